The number of hydrogen-bond donors (Lipinski definition) is 1. The van der Waals surface area contributed by atoms with Crippen LogP contribution in [0.1, 0.15) is 24.1 Å². The van der Waals surface area contributed by atoms with Gasteiger partial charge in [0.1, 0.15) is 0 Å². The second-order valence-electron chi connectivity index (χ2n) is 5.32. The van der Waals surface area contributed by atoms with E-state index in [2.05, 4.69) is 10.5 Å². The molecule has 2 rings (SSSR count). The Labute approximate surface area is 147 Å². The summed E-state index contributed by atoms with van der Waals surface area (Å²) in [6, 6.07) is 15.0. The van der Waals surface area contributed by atoms with Crippen LogP contribution in [0.15, 0.2) is 53.7 Å². The second-order valence-corrected chi connectivity index (χ2v) is 5.32. The van der Waals surface area contributed by atoms with Gasteiger partial charge in [-0.3, -0.25) is 4.79 Å². The summed E-state index contributed by atoms with van der Waals surface area (Å²) in [5.41, 5.74) is 1.81. The molecule has 0 radical (unpaired) electrons. The van der Waals surface area contributed by atoms with Gasteiger partial charge in [0.15, 0.2) is 18.1 Å². The normalized spacial score (nSPS) is 11.8. The molecule has 1 N–H and O–H groups in total. The number of carbonyl (C=O) groups excluding carboxylic acids is 1. The predicted molar refractivity (Wildman–Crippen MR) is 96.1 cm³/mol. The third kappa shape index (κ3) is 5.53. The maximum Gasteiger partial charge on any atom is 0.261 e. The van der Waals surface area contributed by atoms with Gasteiger partial charge in [-0.25, -0.2) is 0 Å². The number of oxime groups is 1. The topological polar surface area (TPSA) is 69.2 Å². The van der Waals surface area contributed by atoms with Gasteiger partial charge in [-0.15, -0.1) is 0 Å². The second kappa shape index (κ2) is 9.32. The molecule has 0 saturated heterocycles. The van der Waals surface area contributed by atoms with Gasteiger partial charge >= 0.3 is 0 Å². The molecule has 0 aliphatic carbocycles. The fraction of sp³-hybridized carbons (Fsp3) is 0.263. The van der Waals surface area contributed by atoms with Gasteiger partial charge in [0.25, 0.3) is 5.91 Å². The standard InChI is InChI=1S/C19H22N2O4/c1-14(16-7-5-4-6-8-16)21-19(22)13-25-20-12-15-9-10-17(23-2)18(11-15)24-3/h4-12,14H,13H2,1-3H3,(H,21,22)/b20-12-/t14-/m1/s1. The molecule has 2 aromatic rings. The Morgan fingerprint density at radius 3 is 2.52 bits per heavy atom. The molecule has 0 aromatic heterocycles. The molecule has 0 unspecified atom stereocenters. The molecule has 1 amide bonds. The van der Waals surface area contributed by atoms with Crippen LogP contribution in [0.25, 0.3) is 0 Å². The van der Waals surface area contributed by atoms with E-state index in [4.69, 9.17) is 14.3 Å². The third-order valence-corrected chi connectivity index (χ3v) is 3.56. The number of benzene rings is 2. The molecule has 0 saturated carbocycles. The van der Waals surface area contributed by atoms with Gasteiger partial charge in [-0.2, -0.15) is 0 Å². The van der Waals surface area contributed by atoms with Crippen LogP contribution < -0.4 is 14.8 Å². The smallest absolute Gasteiger partial charge is 0.261 e. The summed E-state index contributed by atoms with van der Waals surface area (Å²) in [6.45, 7) is 1.76. The number of carbonyl (C=O) groups is 1. The average Bonchev–Trinajstić information content (AvgIpc) is 2.65. The molecule has 0 heterocycles. The maximum atomic E-state index is 11.9. The number of methoxy groups -OCH3 is 2. The highest BCUT2D eigenvalue weighted by molar-refractivity contribution is 5.81. The SMILES string of the molecule is COc1ccc(/C=N\OCC(=O)N[C@H](C)c2ccccc2)cc1OC. The fourth-order valence-corrected chi connectivity index (χ4v) is 2.24. The minimum atomic E-state index is -0.235. The van der Waals surface area contributed by atoms with Gasteiger partial charge in [0.05, 0.1) is 26.5 Å². The largest absolute Gasteiger partial charge is 0.493 e. The first-order chi connectivity index (χ1) is 12.1. The zero-order chi connectivity index (χ0) is 18.1. The van der Waals surface area contributed by atoms with Crippen molar-refractivity contribution < 1.29 is 19.1 Å². The summed E-state index contributed by atoms with van der Waals surface area (Å²) in [4.78, 5) is 16.9. The zero-order valence-electron chi connectivity index (χ0n) is 14.6. The van der Waals surface area contributed by atoms with Crippen LogP contribution >= 0.6 is 0 Å². The number of nitrogens with zero attached hydrogens (tertiary/aromatic N) is 1. The van der Waals surface area contributed by atoms with Crippen molar-refractivity contribution in [1.29, 1.82) is 0 Å². The Bertz CT molecular complexity index is 717. The Kier molecular flexibility index (Phi) is 6.83. The quantitative estimate of drug-likeness (QED) is 0.591. The third-order valence-electron chi connectivity index (χ3n) is 3.56. The first-order valence-electron chi connectivity index (χ1n) is 7.85. The molecule has 0 bridgehead atoms. The number of nitrogens with one attached hydrogen (secondary N) is 1. The Balaban J connectivity index is 1.81. The van der Waals surface area contributed by atoms with Crippen LogP contribution in [0.4, 0.5) is 0 Å². The summed E-state index contributed by atoms with van der Waals surface area (Å²) >= 11 is 0. The highest BCUT2D eigenvalue weighted by atomic mass is 16.6. The predicted octanol–water partition coefficient (Wildman–Crippen LogP) is 2.93. The van der Waals surface area contributed by atoms with Crippen molar-refractivity contribution in [3.8, 4) is 11.5 Å². The van der Waals surface area contributed by atoms with Crippen molar-refractivity contribution in [1.82, 2.24) is 5.32 Å². The summed E-state index contributed by atoms with van der Waals surface area (Å²) in [6.07, 6.45) is 1.51. The monoisotopic (exact) mass is 342 g/mol. The van der Waals surface area contributed by atoms with E-state index in [1.54, 1.807) is 26.4 Å². The van der Waals surface area contributed by atoms with Gasteiger partial charge in [0, 0.05) is 5.56 Å². The Morgan fingerprint density at radius 2 is 1.84 bits per heavy atom. The van der Waals surface area contributed by atoms with Crippen LogP contribution in [-0.2, 0) is 9.63 Å². The Hall–Kier alpha value is -3.02. The summed E-state index contributed by atoms with van der Waals surface area (Å²) in [5.74, 6) is 0.997. The van der Waals surface area contributed by atoms with Crippen molar-refractivity contribution in [3.63, 3.8) is 0 Å². The van der Waals surface area contributed by atoms with Gasteiger partial charge in [-0.05, 0) is 30.7 Å². The van der Waals surface area contributed by atoms with E-state index >= 15 is 0 Å². The molecule has 0 fully saturated rings. The number of amides is 1. The van der Waals surface area contributed by atoms with Crippen molar-refractivity contribution in [3.05, 3.63) is 59.7 Å². The van der Waals surface area contributed by atoms with Gasteiger partial charge in [-0.1, -0.05) is 35.5 Å². The van der Waals surface area contributed by atoms with Crippen molar-refractivity contribution >= 4 is 12.1 Å². The van der Waals surface area contributed by atoms with E-state index in [-0.39, 0.29) is 18.6 Å². The van der Waals surface area contributed by atoms with E-state index in [1.807, 2.05) is 43.3 Å². The highest BCUT2D eigenvalue weighted by Gasteiger charge is 2.09. The van der Waals surface area contributed by atoms with Crippen molar-refractivity contribution in [2.24, 2.45) is 5.16 Å². The molecule has 2 aromatic carbocycles. The maximum absolute atomic E-state index is 11.9. The lowest BCUT2D eigenvalue weighted by Crippen LogP contribution is -2.29. The first kappa shape index (κ1) is 18.3. The zero-order valence-corrected chi connectivity index (χ0v) is 14.6. The van der Waals surface area contributed by atoms with Gasteiger partial charge < -0.3 is 19.6 Å². The van der Waals surface area contributed by atoms with Crippen LogP contribution in [0, 0.1) is 0 Å². The molecule has 0 aliphatic rings. The van der Waals surface area contributed by atoms with Crippen molar-refractivity contribution in [2.45, 2.75) is 13.0 Å². The van der Waals surface area contributed by atoms with Crippen molar-refractivity contribution in [2.75, 3.05) is 20.8 Å². The molecule has 6 nitrogen and oxygen atoms in total. The van der Waals surface area contributed by atoms with E-state index in [1.165, 1.54) is 6.21 Å². The number of hydrogen-bond acceptors (Lipinski definition) is 5. The molecule has 0 spiro atoms. The summed E-state index contributed by atoms with van der Waals surface area (Å²) in [7, 11) is 3.14. The van der Waals surface area contributed by atoms with E-state index in [0.717, 1.165) is 11.1 Å². The summed E-state index contributed by atoms with van der Waals surface area (Å²) in [5, 5.41) is 6.66. The molecular weight excluding hydrogens is 320 g/mol. The molecule has 6 heteroatoms. The van der Waals surface area contributed by atoms with Crippen LogP contribution in [0.2, 0.25) is 0 Å². The lowest BCUT2D eigenvalue weighted by atomic mass is 10.1. The van der Waals surface area contributed by atoms with E-state index in [9.17, 15) is 4.79 Å². The molecule has 132 valence electrons. The molecular formula is C19H22N2O4. The van der Waals surface area contributed by atoms with Crippen LogP contribution in [-0.4, -0.2) is 32.9 Å². The average molecular weight is 342 g/mol. The molecule has 1 atom stereocenters. The minimum absolute atomic E-state index is 0.0906. The minimum Gasteiger partial charge on any atom is -0.493 e. The van der Waals surface area contributed by atoms with Crippen LogP contribution in [0.5, 0.6) is 11.5 Å². The lowest BCUT2D eigenvalue weighted by molar-refractivity contribution is -0.126. The Morgan fingerprint density at radius 1 is 1.12 bits per heavy atom. The molecule has 0 aliphatic heterocycles. The highest BCUT2D eigenvalue weighted by Crippen LogP contribution is 2.26. The number of rotatable bonds is 8. The summed E-state index contributed by atoms with van der Waals surface area (Å²) < 4.78 is 10.4. The van der Waals surface area contributed by atoms with E-state index < -0.39 is 0 Å². The fourth-order valence-electron chi connectivity index (χ4n) is 2.24. The first-order valence-corrected chi connectivity index (χ1v) is 7.85. The van der Waals surface area contributed by atoms with Crippen LogP contribution in [0.3, 0.4) is 0 Å². The lowest BCUT2D eigenvalue weighted by Gasteiger charge is -2.13. The van der Waals surface area contributed by atoms with E-state index in [0.29, 0.717) is 11.5 Å². The molecule has 25 heavy (non-hydrogen) atoms. The van der Waals surface area contributed by atoms with Gasteiger partial charge in [0.2, 0.25) is 0 Å². The number of ether oxygens (including phenoxy) is 2.